The Labute approximate surface area is 130 Å². The van der Waals surface area contributed by atoms with Crippen molar-refractivity contribution in [3.63, 3.8) is 0 Å². The van der Waals surface area contributed by atoms with E-state index in [2.05, 4.69) is 17.4 Å². The van der Waals surface area contributed by atoms with Gasteiger partial charge in [-0.1, -0.05) is 12.5 Å². The topological polar surface area (TPSA) is 75.4 Å². The SMILES string of the molecule is NC(=O)[C@@H]1CCCCN1CC(=O)Nc1ccc2c(c1)CCC2. The summed E-state index contributed by atoms with van der Waals surface area (Å²) >= 11 is 0. The number of carbonyl (C=O) groups excluding carboxylic acids is 2. The number of hydrogen-bond donors (Lipinski definition) is 2. The lowest BCUT2D eigenvalue weighted by atomic mass is 10.0. The van der Waals surface area contributed by atoms with Crippen LogP contribution in [0.2, 0.25) is 0 Å². The van der Waals surface area contributed by atoms with E-state index in [1.54, 1.807) is 0 Å². The van der Waals surface area contributed by atoms with E-state index in [9.17, 15) is 9.59 Å². The second-order valence-corrected chi connectivity index (χ2v) is 6.27. The number of rotatable bonds is 4. The Morgan fingerprint density at radius 2 is 2.00 bits per heavy atom. The smallest absolute Gasteiger partial charge is 0.238 e. The van der Waals surface area contributed by atoms with Crippen molar-refractivity contribution in [3.05, 3.63) is 29.3 Å². The van der Waals surface area contributed by atoms with Gasteiger partial charge in [0, 0.05) is 5.69 Å². The summed E-state index contributed by atoms with van der Waals surface area (Å²) in [6.07, 6.45) is 6.18. The zero-order chi connectivity index (χ0) is 15.5. The van der Waals surface area contributed by atoms with Crippen LogP contribution in [0.4, 0.5) is 5.69 Å². The molecule has 1 heterocycles. The minimum Gasteiger partial charge on any atom is -0.368 e. The normalized spacial score (nSPS) is 21.4. The van der Waals surface area contributed by atoms with Gasteiger partial charge in [-0.15, -0.1) is 0 Å². The van der Waals surface area contributed by atoms with Crippen LogP contribution in [0.1, 0.15) is 36.8 Å². The zero-order valence-electron chi connectivity index (χ0n) is 12.8. The van der Waals surface area contributed by atoms with Gasteiger partial charge in [-0.2, -0.15) is 0 Å². The van der Waals surface area contributed by atoms with Crippen molar-refractivity contribution < 1.29 is 9.59 Å². The van der Waals surface area contributed by atoms with Gasteiger partial charge in [-0.25, -0.2) is 0 Å². The second-order valence-electron chi connectivity index (χ2n) is 6.27. The van der Waals surface area contributed by atoms with Gasteiger partial charge in [0.2, 0.25) is 11.8 Å². The van der Waals surface area contributed by atoms with Crippen molar-refractivity contribution in [2.75, 3.05) is 18.4 Å². The van der Waals surface area contributed by atoms with Gasteiger partial charge in [0.15, 0.2) is 0 Å². The van der Waals surface area contributed by atoms with Crippen molar-refractivity contribution in [1.29, 1.82) is 0 Å². The minimum atomic E-state index is -0.329. The van der Waals surface area contributed by atoms with E-state index < -0.39 is 0 Å². The number of fused-ring (bicyclic) bond motifs is 1. The molecule has 1 aliphatic heterocycles. The molecule has 1 saturated heterocycles. The number of piperidine rings is 1. The average molecular weight is 301 g/mol. The van der Waals surface area contributed by atoms with Gasteiger partial charge in [-0.05, 0) is 61.9 Å². The maximum atomic E-state index is 12.2. The molecule has 0 unspecified atom stereocenters. The number of primary amides is 1. The number of benzene rings is 1. The highest BCUT2D eigenvalue weighted by atomic mass is 16.2. The molecule has 1 atom stereocenters. The third kappa shape index (κ3) is 3.30. The largest absolute Gasteiger partial charge is 0.368 e. The van der Waals surface area contributed by atoms with E-state index in [0.717, 1.165) is 44.3 Å². The molecule has 118 valence electrons. The molecule has 1 aromatic carbocycles. The summed E-state index contributed by atoms with van der Waals surface area (Å²) in [4.78, 5) is 25.6. The van der Waals surface area contributed by atoms with Crippen molar-refractivity contribution in [2.24, 2.45) is 5.73 Å². The van der Waals surface area contributed by atoms with Crippen LogP contribution in [0.5, 0.6) is 0 Å². The van der Waals surface area contributed by atoms with Gasteiger partial charge >= 0.3 is 0 Å². The molecule has 0 aromatic heterocycles. The Bertz CT molecular complexity index is 585. The molecule has 0 radical (unpaired) electrons. The number of anilines is 1. The Morgan fingerprint density at radius 1 is 1.18 bits per heavy atom. The molecule has 1 aliphatic carbocycles. The molecular formula is C17H23N3O2. The number of carbonyl (C=O) groups is 2. The molecule has 0 spiro atoms. The lowest BCUT2D eigenvalue weighted by molar-refractivity contribution is -0.126. The molecule has 2 aliphatic rings. The van der Waals surface area contributed by atoms with Crippen LogP contribution in [0.3, 0.4) is 0 Å². The lowest BCUT2D eigenvalue weighted by Gasteiger charge is -2.32. The number of amides is 2. The maximum Gasteiger partial charge on any atom is 0.238 e. The lowest BCUT2D eigenvalue weighted by Crippen LogP contribution is -2.50. The first-order chi connectivity index (χ1) is 10.6. The highest BCUT2D eigenvalue weighted by Crippen LogP contribution is 2.25. The summed E-state index contributed by atoms with van der Waals surface area (Å²) in [6, 6.07) is 5.83. The summed E-state index contributed by atoms with van der Waals surface area (Å²) in [7, 11) is 0. The van der Waals surface area contributed by atoms with Gasteiger partial charge in [0.1, 0.15) is 0 Å². The maximum absolute atomic E-state index is 12.2. The molecule has 3 rings (SSSR count). The summed E-state index contributed by atoms with van der Waals surface area (Å²) in [5.41, 5.74) is 9.01. The fourth-order valence-electron chi connectivity index (χ4n) is 3.54. The molecule has 5 heteroatoms. The molecular weight excluding hydrogens is 278 g/mol. The first kappa shape index (κ1) is 15.0. The second kappa shape index (κ2) is 6.48. The van der Waals surface area contributed by atoms with E-state index in [0.29, 0.717) is 0 Å². The number of likely N-dealkylation sites (tertiary alicyclic amines) is 1. The van der Waals surface area contributed by atoms with Crippen LogP contribution in [0, 0.1) is 0 Å². The average Bonchev–Trinajstić information content (AvgIpc) is 2.95. The first-order valence-corrected chi connectivity index (χ1v) is 8.08. The quantitative estimate of drug-likeness (QED) is 0.884. The van der Waals surface area contributed by atoms with Crippen LogP contribution >= 0.6 is 0 Å². The Hall–Kier alpha value is -1.88. The van der Waals surface area contributed by atoms with E-state index in [1.165, 1.54) is 17.5 Å². The van der Waals surface area contributed by atoms with Gasteiger partial charge in [0.05, 0.1) is 12.6 Å². The van der Waals surface area contributed by atoms with E-state index in [-0.39, 0.29) is 24.4 Å². The molecule has 0 bridgehead atoms. The Morgan fingerprint density at radius 3 is 2.82 bits per heavy atom. The fraction of sp³-hybridized carbons (Fsp3) is 0.529. The molecule has 0 saturated carbocycles. The van der Waals surface area contributed by atoms with Crippen LogP contribution in [-0.2, 0) is 22.4 Å². The number of hydrogen-bond acceptors (Lipinski definition) is 3. The molecule has 22 heavy (non-hydrogen) atoms. The van der Waals surface area contributed by atoms with Crippen LogP contribution in [0.15, 0.2) is 18.2 Å². The zero-order valence-corrected chi connectivity index (χ0v) is 12.8. The van der Waals surface area contributed by atoms with Crippen molar-refractivity contribution >= 4 is 17.5 Å². The summed E-state index contributed by atoms with van der Waals surface area (Å²) in [6.45, 7) is 0.982. The highest BCUT2D eigenvalue weighted by Gasteiger charge is 2.28. The van der Waals surface area contributed by atoms with Gasteiger partial charge < -0.3 is 11.1 Å². The third-order valence-electron chi connectivity index (χ3n) is 4.67. The Kier molecular flexibility index (Phi) is 4.43. The van der Waals surface area contributed by atoms with Crippen LogP contribution in [0.25, 0.3) is 0 Å². The van der Waals surface area contributed by atoms with E-state index in [1.807, 2.05) is 11.0 Å². The predicted molar refractivity (Wildman–Crippen MR) is 85.5 cm³/mol. The van der Waals surface area contributed by atoms with E-state index >= 15 is 0 Å². The number of nitrogens with one attached hydrogen (secondary N) is 1. The summed E-state index contributed by atoms with van der Waals surface area (Å²) in [5, 5.41) is 2.95. The highest BCUT2D eigenvalue weighted by molar-refractivity contribution is 5.93. The molecule has 1 aromatic rings. The standard InChI is InChI=1S/C17H23N3O2/c18-17(22)15-6-1-2-9-20(15)11-16(21)19-14-8-7-12-4-3-5-13(12)10-14/h7-8,10,15H,1-6,9,11H2,(H2,18,22)(H,19,21)/t15-/m0/s1. The van der Waals surface area contributed by atoms with Gasteiger partial charge in [-0.3, -0.25) is 14.5 Å². The van der Waals surface area contributed by atoms with Crippen molar-refractivity contribution in [1.82, 2.24) is 4.90 Å². The van der Waals surface area contributed by atoms with E-state index in [4.69, 9.17) is 5.73 Å². The fourth-order valence-corrected chi connectivity index (χ4v) is 3.54. The Balaban J connectivity index is 1.61. The molecule has 5 nitrogen and oxygen atoms in total. The molecule has 2 amide bonds. The molecule has 1 fully saturated rings. The number of aryl methyl sites for hydroxylation is 2. The van der Waals surface area contributed by atoms with Crippen LogP contribution < -0.4 is 11.1 Å². The monoisotopic (exact) mass is 301 g/mol. The first-order valence-electron chi connectivity index (χ1n) is 8.08. The predicted octanol–water partition coefficient (Wildman–Crippen LogP) is 1.45. The summed E-state index contributed by atoms with van der Waals surface area (Å²) < 4.78 is 0. The van der Waals surface area contributed by atoms with Gasteiger partial charge in [0.25, 0.3) is 0 Å². The number of nitrogens with two attached hydrogens (primary N) is 1. The number of nitrogens with zero attached hydrogens (tertiary/aromatic N) is 1. The van der Waals surface area contributed by atoms with Crippen LogP contribution in [-0.4, -0.2) is 35.8 Å². The minimum absolute atomic E-state index is 0.0777. The van der Waals surface area contributed by atoms with Crippen molar-refractivity contribution in [3.8, 4) is 0 Å². The third-order valence-corrected chi connectivity index (χ3v) is 4.67. The molecule has 3 N–H and O–H groups in total. The van der Waals surface area contributed by atoms with Crippen molar-refractivity contribution in [2.45, 2.75) is 44.6 Å². The summed E-state index contributed by atoms with van der Waals surface area (Å²) in [5.74, 6) is -0.406.